The SMILES string of the molecule is Cc1[nH]nc(CN)c1S(=O)(=O)N1CCCN(C)CC1. The van der Waals surface area contributed by atoms with Crippen LogP contribution in [0.5, 0.6) is 0 Å². The molecule has 0 aromatic carbocycles. The Balaban J connectivity index is 2.33. The number of sulfonamides is 1. The number of H-pyrrole nitrogens is 1. The van der Waals surface area contributed by atoms with E-state index in [9.17, 15) is 8.42 Å². The van der Waals surface area contributed by atoms with Gasteiger partial charge in [-0.05, 0) is 26.9 Å². The molecule has 0 saturated carbocycles. The van der Waals surface area contributed by atoms with Crippen LogP contribution in [0.4, 0.5) is 0 Å². The molecule has 1 aromatic rings. The Morgan fingerprint density at radius 3 is 2.74 bits per heavy atom. The van der Waals surface area contributed by atoms with E-state index >= 15 is 0 Å². The Kier molecular flexibility index (Phi) is 4.24. The lowest BCUT2D eigenvalue weighted by molar-refractivity contribution is 0.347. The van der Waals surface area contributed by atoms with E-state index in [0.717, 1.165) is 19.5 Å². The molecule has 1 saturated heterocycles. The summed E-state index contributed by atoms with van der Waals surface area (Å²) in [5.74, 6) is 0. The maximum Gasteiger partial charge on any atom is 0.246 e. The van der Waals surface area contributed by atoms with E-state index in [2.05, 4.69) is 15.1 Å². The molecule has 1 fully saturated rings. The van der Waals surface area contributed by atoms with Crippen LogP contribution < -0.4 is 5.73 Å². The molecule has 0 atom stereocenters. The summed E-state index contributed by atoms with van der Waals surface area (Å²) in [6.07, 6.45) is 0.838. The second-order valence-electron chi connectivity index (χ2n) is 4.89. The van der Waals surface area contributed by atoms with Crippen molar-refractivity contribution in [2.75, 3.05) is 33.2 Å². The van der Waals surface area contributed by atoms with Gasteiger partial charge in [0.25, 0.3) is 0 Å². The maximum atomic E-state index is 12.7. The zero-order valence-electron chi connectivity index (χ0n) is 11.4. The van der Waals surface area contributed by atoms with E-state index < -0.39 is 10.0 Å². The molecule has 0 aliphatic carbocycles. The van der Waals surface area contributed by atoms with Gasteiger partial charge in [0.2, 0.25) is 10.0 Å². The minimum atomic E-state index is -3.51. The number of aromatic nitrogens is 2. The average molecular weight is 287 g/mol. The fourth-order valence-electron chi connectivity index (χ4n) is 2.34. The van der Waals surface area contributed by atoms with Gasteiger partial charge in [-0.15, -0.1) is 0 Å². The van der Waals surface area contributed by atoms with Gasteiger partial charge in [0.1, 0.15) is 4.90 Å². The average Bonchev–Trinajstić information content (AvgIpc) is 2.60. The lowest BCUT2D eigenvalue weighted by Gasteiger charge is -2.20. The second-order valence-corrected chi connectivity index (χ2v) is 6.76. The van der Waals surface area contributed by atoms with Crippen LogP contribution in [0.1, 0.15) is 17.8 Å². The van der Waals surface area contributed by atoms with Crippen molar-refractivity contribution >= 4 is 10.0 Å². The Morgan fingerprint density at radius 1 is 1.32 bits per heavy atom. The zero-order chi connectivity index (χ0) is 14.0. The minimum Gasteiger partial charge on any atom is -0.325 e. The van der Waals surface area contributed by atoms with Crippen molar-refractivity contribution in [3.05, 3.63) is 11.4 Å². The highest BCUT2D eigenvalue weighted by atomic mass is 32.2. The van der Waals surface area contributed by atoms with Crippen molar-refractivity contribution < 1.29 is 8.42 Å². The van der Waals surface area contributed by atoms with Crippen LogP contribution in [0.25, 0.3) is 0 Å². The molecule has 3 N–H and O–H groups in total. The van der Waals surface area contributed by atoms with Gasteiger partial charge >= 0.3 is 0 Å². The number of hydrogen-bond acceptors (Lipinski definition) is 5. The first kappa shape index (κ1) is 14.4. The minimum absolute atomic E-state index is 0.118. The van der Waals surface area contributed by atoms with Gasteiger partial charge in [-0.2, -0.15) is 9.40 Å². The fourth-order valence-corrected chi connectivity index (χ4v) is 4.15. The molecular formula is C11H21N5O2S. The van der Waals surface area contributed by atoms with Crippen molar-refractivity contribution in [3.8, 4) is 0 Å². The first-order valence-electron chi connectivity index (χ1n) is 6.39. The van der Waals surface area contributed by atoms with E-state index in [1.54, 1.807) is 6.92 Å². The van der Waals surface area contributed by atoms with E-state index in [4.69, 9.17) is 5.73 Å². The second kappa shape index (κ2) is 5.58. The summed E-state index contributed by atoms with van der Waals surface area (Å²) >= 11 is 0. The first-order valence-corrected chi connectivity index (χ1v) is 7.83. The van der Waals surface area contributed by atoms with Crippen molar-refractivity contribution in [2.45, 2.75) is 24.8 Å². The third-order valence-corrected chi connectivity index (χ3v) is 5.53. The molecule has 0 unspecified atom stereocenters. The smallest absolute Gasteiger partial charge is 0.246 e. The van der Waals surface area contributed by atoms with Crippen molar-refractivity contribution in [1.82, 2.24) is 19.4 Å². The Labute approximate surface area is 113 Å². The third-order valence-electron chi connectivity index (χ3n) is 3.43. The fraction of sp³-hybridized carbons (Fsp3) is 0.727. The standard InChI is InChI=1S/C11H21N5O2S/c1-9-11(10(8-12)14-13-9)19(17,18)16-5-3-4-15(2)6-7-16/h3-8,12H2,1-2H3,(H,13,14). The normalized spacial score (nSPS) is 19.5. The summed E-state index contributed by atoms with van der Waals surface area (Å²) in [4.78, 5) is 2.39. The quantitative estimate of drug-likeness (QED) is 0.781. The van der Waals surface area contributed by atoms with Crippen molar-refractivity contribution in [1.29, 1.82) is 0 Å². The Hall–Kier alpha value is -0.960. The predicted octanol–water partition coefficient (Wildman–Crippen LogP) is -0.497. The lowest BCUT2D eigenvalue weighted by atomic mass is 10.4. The molecule has 108 valence electrons. The van der Waals surface area contributed by atoms with Gasteiger partial charge < -0.3 is 10.6 Å². The van der Waals surface area contributed by atoms with E-state index in [1.165, 1.54) is 4.31 Å². The highest BCUT2D eigenvalue weighted by molar-refractivity contribution is 7.89. The molecule has 8 heteroatoms. The van der Waals surface area contributed by atoms with Gasteiger partial charge in [-0.1, -0.05) is 0 Å². The zero-order valence-corrected chi connectivity index (χ0v) is 12.2. The highest BCUT2D eigenvalue weighted by Gasteiger charge is 2.31. The van der Waals surface area contributed by atoms with E-state index in [0.29, 0.717) is 24.5 Å². The summed E-state index contributed by atoms with van der Waals surface area (Å²) in [6, 6.07) is 0. The number of nitrogens with zero attached hydrogens (tertiary/aromatic N) is 3. The summed E-state index contributed by atoms with van der Waals surface area (Å²) < 4.78 is 26.9. The van der Waals surface area contributed by atoms with Crippen molar-refractivity contribution in [3.63, 3.8) is 0 Å². The molecule has 1 aliphatic heterocycles. The van der Waals surface area contributed by atoms with Crippen LogP contribution >= 0.6 is 0 Å². The molecule has 2 rings (SSSR count). The Bertz CT molecular complexity index is 539. The highest BCUT2D eigenvalue weighted by Crippen LogP contribution is 2.22. The van der Waals surface area contributed by atoms with Gasteiger partial charge in [0.15, 0.2) is 0 Å². The van der Waals surface area contributed by atoms with Crippen LogP contribution in [0, 0.1) is 6.92 Å². The van der Waals surface area contributed by atoms with E-state index in [1.807, 2.05) is 7.05 Å². The summed E-state index contributed by atoms with van der Waals surface area (Å²) in [5, 5.41) is 6.68. The molecule has 1 aromatic heterocycles. The number of aromatic amines is 1. The number of aryl methyl sites for hydroxylation is 1. The van der Waals surface area contributed by atoms with Crippen molar-refractivity contribution in [2.24, 2.45) is 5.73 Å². The molecule has 1 aliphatic rings. The predicted molar refractivity (Wildman–Crippen MR) is 72.1 cm³/mol. The van der Waals surface area contributed by atoms with Crippen LogP contribution in [-0.4, -0.2) is 61.0 Å². The number of rotatable bonds is 3. The molecule has 7 nitrogen and oxygen atoms in total. The number of nitrogens with one attached hydrogen (secondary N) is 1. The van der Waals surface area contributed by atoms with Crippen LogP contribution in [0.3, 0.4) is 0 Å². The molecule has 19 heavy (non-hydrogen) atoms. The number of nitrogens with two attached hydrogens (primary N) is 1. The summed E-state index contributed by atoms with van der Waals surface area (Å²) in [7, 11) is -1.50. The van der Waals surface area contributed by atoms with Gasteiger partial charge in [0, 0.05) is 26.2 Å². The largest absolute Gasteiger partial charge is 0.325 e. The molecular weight excluding hydrogens is 266 g/mol. The van der Waals surface area contributed by atoms with Crippen LogP contribution in [0.2, 0.25) is 0 Å². The Morgan fingerprint density at radius 2 is 2.05 bits per heavy atom. The lowest BCUT2D eigenvalue weighted by Crippen LogP contribution is -2.35. The molecule has 2 heterocycles. The van der Waals surface area contributed by atoms with Crippen LogP contribution in [-0.2, 0) is 16.6 Å². The first-order chi connectivity index (χ1) is 8.96. The molecule has 0 bridgehead atoms. The van der Waals surface area contributed by atoms with E-state index in [-0.39, 0.29) is 11.4 Å². The van der Waals surface area contributed by atoms with Gasteiger partial charge in [-0.3, -0.25) is 5.10 Å². The number of likely N-dealkylation sites (N-methyl/N-ethyl adjacent to an activating group) is 1. The molecule has 0 spiro atoms. The van der Waals surface area contributed by atoms with Crippen LogP contribution in [0.15, 0.2) is 4.90 Å². The third kappa shape index (κ3) is 2.81. The number of hydrogen-bond donors (Lipinski definition) is 2. The molecule has 0 amide bonds. The van der Waals surface area contributed by atoms with Gasteiger partial charge in [-0.25, -0.2) is 8.42 Å². The summed E-state index contributed by atoms with van der Waals surface area (Å²) in [5.41, 5.74) is 6.54. The maximum absolute atomic E-state index is 12.7. The summed E-state index contributed by atoms with van der Waals surface area (Å²) in [6.45, 7) is 4.54. The topological polar surface area (TPSA) is 95.3 Å². The molecule has 0 radical (unpaired) electrons. The van der Waals surface area contributed by atoms with Gasteiger partial charge in [0.05, 0.1) is 11.4 Å². The monoisotopic (exact) mass is 287 g/mol.